The van der Waals surface area contributed by atoms with Gasteiger partial charge >= 0.3 is 0 Å². The van der Waals surface area contributed by atoms with E-state index >= 15 is 0 Å². The van der Waals surface area contributed by atoms with Gasteiger partial charge in [0, 0.05) is 39.9 Å². The summed E-state index contributed by atoms with van der Waals surface area (Å²) in [4.78, 5) is 6.84. The van der Waals surface area contributed by atoms with Gasteiger partial charge in [-0.05, 0) is 43.9 Å². The first kappa shape index (κ1) is 18.5. The quantitative estimate of drug-likeness (QED) is 0.423. The van der Waals surface area contributed by atoms with Gasteiger partial charge in [-0.1, -0.05) is 13.8 Å². The molecule has 2 fully saturated rings. The number of guanidine groups is 1. The molecule has 0 aromatic heterocycles. The van der Waals surface area contributed by atoms with Gasteiger partial charge in [0.2, 0.25) is 0 Å². The van der Waals surface area contributed by atoms with Gasteiger partial charge in [0.25, 0.3) is 0 Å². The maximum Gasteiger partial charge on any atom is 0.193 e. The molecule has 134 valence electrons. The lowest BCUT2D eigenvalue weighted by Crippen LogP contribution is -2.40. The van der Waals surface area contributed by atoms with Gasteiger partial charge in [0.1, 0.15) is 0 Å². The predicted octanol–water partition coefficient (Wildman–Crippen LogP) is 2.52. The molecule has 0 aromatic rings. The Hall–Kier alpha value is -0.810. The minimum atomic E-state index is 0.332. The van der Waals surface area contributed by atoms with E-state index in [0.717, 1.165) is 70.1 Å². The first-order chi connectivity index (χ1) is 11.2. The zero-order valence-corrected chi connectivity index (χ0v) is 15.2. The number of rotatable bonds is 8. The van der Waals surface area contributed by atoms with Gasteiger partial charge in [0.05, 0.1) is 12.7 Å². The lowest BCUT2D eigenvalue weighted by molar-refractivity contribution is 0.0168. The third kappa shape index (κ3) is 6.68. The average molecular weight is 325 g/mol. The number of aliphatic imine (C=N–C) groups is 1. The molecule has 0 bridgehead atoms. The second-order valence-corrected chi connectivity index (χ2v) is 7.27. The number of nitrogens with zero attached hydrogens (tertiary/aromatic N) is 2. The summed E-state index contributed by atoms with van der Waals surface area (Å²) in [6, 6.07) is 0. The fourth-order valence-corrected chi connectivity index (χ4v) is 3.58. The fraction of sp³-hybridized carbons (Fsp3) is 0.944. The molecule has 0 radical (unpaired) electrons. The highest BCUT2D eigenvalue weighted by Gasteiger charge is 2.25. The van der Waals surface area contributed by atoms with Crippen LogP contribution in [-0.4, -0.2) is 63.5 Å². The Bertz CT molecular complexity index is 354. The molecule has 5 heteroatoms. The van der Waals surface area contributed by atoms with Crippen LogP contribution in [0, 0.1) is 11.8 Å². The minimum Gasteiger partial charge on any atom is -0.379 e. The Labute approximate surface area is 141 Å². The maximum absolute atomic E-state index is 5.70. The molecule has 0 aliphatic carbocycles. The molecule has 2 aliphatic heterocycles. The van der Waals surface area contributed by atoms with Crippen LogP contribution in [0.15, 0.2) is 4.99 Å². The van der Waals surface area contributed by atoms with Crippen molar-refractivity contribution in [2.45, 2.75) is 52.1 Å². The van der Waals surface area contributed by atoms with Gasteiger partial charge in [-0.3, -0.25) is 4.99 Å². The first-order valence-electron chi connectivity index (χ1n) is 9.34. The second kappa shape index (κ2) is 10.1. The average Bonchev–Trinajstić information content (AvgIpc) is 3.18. The van der Waals surface area contributed by atoms with Crippen LogP contribution < -0.4 is 5.32 Å². The third-order valence-corrected chi connectivity index (χ3v) is 4.68. The normalized spacial score (nSPS) is 25.6. The molecular formula is C18H35N3O2. The van der Waals surface area contributed by atoms with Crippen LogP contribution in [0.5, 0.6) is 0 Å². The summed E-state index contributed by atoms with van der Waals surface area (Å²) in [5.74, 6) is 2.66. The molecule has 0 spiro atoms. The number of hydrogen-bond acceptors (Lipinski definition) is 3. The molecule has 2 unspecified atom stereocenters. The summed E-state index contributed by atoms with van der Waals surface area (Å²) in [6.45, 7) is 10.3. The highest BCUT2D eigenvalue weighted by molar-refractivity contribution is 5.80. The van der Waals surface area contributed by atoms with Crippen molar-refractivity contribution in [3.63, 3.8) is 0 Å². The zero-order chi connectivity index (χ0) is 16.5. The minimum absolute atomic E-state index is 0.332. The van der Waals surface area contributed by atoms with Gasteiger partial charge in [-0.15, -0.1) is 0 Å². The van der Waals surface area contributed by atoms with Crippen molar-refractivity contribution in [3.05, 3.63) is 0 Å². The van der Waals surface area contributed by atoms with Crippen LogP contribution >= 0.6 is 0 Å². The molecule has 2 rings (SSSR count). The van der Waals surface area contributed by atoms with Gasteiger partial charge in [-0.25, -0.2) is 0 Å². The molecule has 1 N–H and O–H groups in total. The van der Waals surface area contributed by atoms with E-state index in [1.807, 2.05) is 7.05 Å². The van der Waals surface area contributed by atoms with E-state index in [4.69, 9.17) is 9.47 Å². The lowest BCUT2D eigenvalue weighted by Gasteiger charge is -2.22. The topological polar surface area (TPSA) is 46.1 Å². The van der Waals surface area contributed by atoms with Crippen molar-refractivity contribution >= 4 is 5.96 Å². The molecular weight excluding hydrogens is 290 g/mol. The summed E-state index contributed by atoms with van der Waals surface area (Å²) in [5.41, 5.74) is 0. The van der Waals surface area contributed by atoms with Crippen LogP contribution in [-0.2, 0) is 9.47 Å². The Morgan fingerprint density at radius 3 is 2.96 bits per heavy atom. The molecule has 2 heterocycles. The van der Waals surface area contributed by atoms with E-state index in [1.165, 1.54) is 19.3 Å². The molecule has 0 saturated carbocycles. The van der Waals surface area contributed by atoms with Crippen LogP contribution in [0.3, 0.4) is 0 Å². The summed E-state index contributed by atoms with van der Waals surface area (Å²) in [6.07, 6.45) is 6.29. The Morgan fingerprint density at radius 1 is 1.39 bits per heavy atom. The smallest absolute Gasteiger partial charge is 0.193 e. The third-order valence-electron chi connectivity index (χ3n) is 4.68. The number of ether oxygens (including phenoxy) is 2. The molecule has 2 atom stereocenters. The molecule has 23 heavy (non-hydrogen) atoms. The Balaban J connectivity index is 1.54. The highest BCUT2D eigenvalue weighted by Crippen LogP contribution is 2.23. The van der Waals surface area contributed by atoms with Gasteiger partial charge in [-0.2, -0.15) is 0 Å². The maximum atomic E-state index is 5.70. The largest absolute Gasteiger partial charge is 0.379 e. The number of hydrogen-bond donors (Lipinski definition) is 1. The number of likely N-dealkylation sites (tertiary alicyclic amines) is 1. The summed E-state index contributed by atoms with van der Waals surface area (Å²) in [5, 5.41) is 3.48. The molecule has 0 amide bonds. The zero-order valence-electron chi connectivity index (χ0n) is 15.2. The summed E-state index contributed by atoms with van der Waals surface area (Å²) in [7, 11) is 1.88. The van der Waals surface area contributed by atoms with Crippen molar-refractivity contribution in [2.24, 2.45) is 16.8 Å². The summed E-state index contributed by atoms with van der Waals surface area (Å²) >= 11 is 0. The highest BCUT2D eigenvalue weighted by atomic mass is 16.5. The van der Waals surface area contributed by atoms with E-state index in [-0.39, 0.29) is 0 Å². The fourth-order valence-electron chi connectivity index (χ4n) is 3.58. The SMILES string of the molecule is CN=C(NCCCOCC1CCCO1)N1CCC(CC(C)C)C1. The monoisotopic (exact) mass is 325 g/mol. The number of nitrogens with one attached hydrogen (secondary N) is 1. The van der Waals surface area contributed by atoms with E-state index in [0.29, 0.717) is 6.10 Å². The molecule has 5 nitrogen and oxygen atoms in total. The van der Waals surface area contributed by atoms with Gasteiger partial charge in [0.15, 0.2) is 5.96 Å². The van der Waals surface area contributed by atoms with Crippen LogP contribution in [0.4, 0.5) is 0 Å². The lowest BCUT2D eigenvalue weighted by atomic mass is 9.97. The van der Waals surface area contributed by atoms with Crippen LogP contribution in [0.1, 0.15) is 46.0 Å². The van der Waals surface area contributed by atoms with Crippen molar-refractivity contribution < 1.29 is 9.47 Å². The van der Waals surface area contributed by atoms with E-state index < -0.39 is 0 Å². The van der Waals surface area contributed by atoms with E-state index in [1.54, 1.807) is 0 Å². The molecule has 2 aliphatic rings. The first-order valence-corrected chi connectivity index (χ1v) is 9.34. The van der Waals surface area contributed by atoms with Crippen molar-refractivity contribution in [1.82, 2.24) is 10.2 Å². The molecule has 0 aromatic carbocycles. The Morgan fingerprint density at radius 2 is 2.26 bits per heavy atom. The van der Waals surface area contributed by atoms with Crippen molar-refractivity contribution in [3.8, 4) is 0 Å². The van der Waals surface area contributed by atoms with Crippen molar-refractivity contribution in [1.29, 1.82) is 0 Å². The van der Waals surface area contributed by atoms with Crippen LogP contribution in [0.2, 0.25) is 0 Å². The van der Waals surface area contributed by atoms with E-state index in [9.17, 15) is 0 Å². The van der Waals surface area contributed by atoms with Crippen molar-refractivity contribution in [2.75, 3.05) is 46.5 Å². The Kier molecular flexibility index (Phi) is 8.17. The molecule has 2 saturated heterocycles. The standard InChI is InChI=1S/C18H35N3O2/c1-15(2)12-16-7-9-21(13-16)18(19-3)20-8-5-10-22-14-17-6-4-11-23-17/h15-17H,4-14H2,1-3H3,(H,19,20). The summed E-state index contributed by atoms with van der Waals surface area (Å²) < 4.78 is 11.3. The second-order valence-electron chi connectivity index (χ2n) is 7.27. The predicted molar refractivity (Wildman–Crippen MR) is 94.9 cm³/mol. The van der Waals surface area contributed by atoms with Gasteiger partial charge < -0.3 is 19.7 Å². The van der Waals surface area contributed by atoms with Crippen LogP contribution in [0.25, 0.3) is 0 Å². The van der Waals surface area contributed by atoms with E-state index in [2.05, 4.69) is 29.1 Å².